The third kappa shape index (κ3) is 6.01. The van der Waals surface area contributed by atoms with Gasteiger partial charge in [-0.05, 0) is 36.8 Å². The molecule has 2 aromatic rings. The van der Waals surface area contributed by atoms with Gasteiger partial charge in [-0.25, -0.2) is 4.39 Å². The minimum absolute atomic E-state index is 0.00522. The standard InChI is InChI=1S/C19H23FN2O2/c1-15(16-6-4-3-5-7-16)21-19(23)14-22(2)12-13-24-18-10-8-17(20)9-11-18/h3-11,15H,12-14H2,1-2H3,(H,21,23)/p+1/t15-/m1/s1. The van der Waals surface area contributed by atoms with Crippen LogP contribution < -0.4 is 15.0 Å². The van der Waals surface area contributed by atoms with Gasteiger partial charge in [0.15, 0.2) is 6.54 Å². The van der Waals surface area contributed by atoms with Gasteiger partial charge in [-0.3, -0.25) is 4.79 Å². The molecule has 0 aromatic heterocycles. The molecule has 2 aromatic carbocycles. The van der Waals surface area contributed by atoms with E-state index in [0.717, 1.165) is 10.5 Å². The van der Waals surface area contributed by atoms with Crippen LogP contribution in [0, 0.1) is 5.82 Å². The first-order valence-electron chi connectivity index (χ1n) is 8.08. The second kappa shape index (κ2) is 9.03. The maximum Gasteiger partial charge on any atom is 0.275 e. The summed E-state index contributed by atoms with van der Waals surface area (Å²) >= 11 is 0. The fraction of sp³-hybridized carbons (Fsp3) is 0.316. The fourth-order valence-corrected chi connectivity index (χ4v) is 2.35. The predicted molar refractivity (Wildman–Crippen MR) is 91.5 cm³/mol. The molecule has 0 aliphatic rings. The number of hydrogen-bond acceptors (Lipinski definition) is 2. The third-order valence-corrected chi connectivity index (χ3v) is 3.75. The highest BCUT2D eigenvalue weighted by molar-refractivity contribution is 5.77. The van der Waals surface area contributed by atoms with Crippen LogP contribution in [-0.4, -0.2) is 32.7 Å². The van der Waals surface area contributed by atoms with E-state index in [2.05, 4.69) is 5.32 Å². The van der Waals surface area contributed by atoms with Crippen molar-refractivity contribution < 1.29 is 18.8 Å². The maximum absolute atomic E-state index is 12.8. The van der Waals surface area contributed by atoms with Crippen molar-refractivity contribution in [1.82, 2.24) is 5.32 Å². The van der Waals surface area contributed by atoms with Crippen molar-refractivity contribution in [2.24, 2.45) is 0 Å². The molecule has 0 radical (unpaired) electrons. The summed E-state index contributed by atoms with van der Waals surface area (Å²) in [4.78, 5) is 13.1. The van der Waals surface area contributed by atoms with Gasteiger partial charge in [0, 0.05) is 0 Å². The molecule has 0 spiro atoms. The fourth-order valence-electron chi connectivity index (χ4n) is 2.35. The number of amides is 1. The summed E-state index contributed by atoms with van der Waals surface area (Å²) in [5.41, 5.74) is 1.09. The number of benzene rings is 2. The van der Waals surface area contributed by atoms with E-state index >= 15 is 0 Å². The second-order valence-corrected chi connectivity index (χ2v) is 5.89. The first kappa shape index (κ1) is 17.9. The second-order valence-electron chi connectivity index (χ2n) is 5.89. The number of carbonyl (C=O) groups is 1. The van der Waals surface area contributed by atoms with Crippen molar-refractivity contribution in [1.29, 1.82) is 0 Å². The van der Waals surface area contributed by atoms with E-state index in [9.17, 15) is 9.18 Å². The molecule has 24 heavy (non-hydrogen) atoms. The number of hydrogen-bond donors (Lipinski definition) is 2. The van der Waals surface area contributed by atoms with Crippen molar-refractivity contribution in [2.75, 3.05) is 26.7 Å². The first-order chi connectivity index (χ1) is 11.5. The van der Waals surface area contributed by atoms with Gasteiger partial charge >= 0.3 is 0 Å². The van der Waals surface area contributed by atoms with E-state index in [-0.39, 0.29) is 17.8 Å². The largest absolute Gasteiger partial charge is 0.488 e. The minimum atomic E-state index is -0.283. The summed E-state index contributed by atoms with van der Waals surface area (Å²) < 4.78 is 18.3. The van der Waals surface area contributed by atoms with Crippen molar-refractivity contribution in [2.45, 2.75) is 13.0 Å². The average Bonchev–Trinajstić information content (AvgIpc) is 2.57. The highest BCUT2D eigenvalue weighted by Crippen LogP contribution is 2.11. The molecular formula is C19H24FN2O2+. The zero-order valence-corrected chi connectivity index (χ0v) is 14.1. The number of likely N-dealkylation sites (N-methyl/N-ethyl adjacent to an activating group) is 1. The summed E-state index contributed by atoms with van der Waals surface area (Å²) in [6, 6.07) is 15.8. The molecule has 4 nitrogen and oxygen atoms in total. The van der Waals surface area contributed by atoms with Crippen LogP contribution in [0.3, 0.4) is 0 Å². The molecule has 0 saturated heterocycles. The lowest BCUT2D eigenvalue weighted by Gasteiger charge is -2.17. The normalized spacial score (nSPS) is 13.1. The maximum atomic E-state index is 12.8. The van der Waals surface area contributed by atoms with Gasteiger partial charge in [0.2, 0.25) is 0 Å². The van der Waals surface area contributed by atoms with Crippen molar-refractivity contribution in [3.05, 3.63) is 66.0 Å². The Morgan fingerprint density at radius 1 is 1.17 bits per heavy atom. The van der Waals surface area contributed by atoms with Crippen LogP contribution >= 0.6 is 0 Å². The Hall–Kier alpha value is -2.40. The predicted octanol–water partition coefficient (Wildman–Crippen LogP) is 1.60. The summed E-state index contributed by atoms with van der Waals surface area (Å²) in [6.07, 6.45) is 0. The zero-order chi connectivity index (χ0) is 17.4. The highest BCUT2D eigenvalue weighted by Gasteiger charge is 2.13. The molecule has 0 bridgehead atoms. The Morgan fingerprint density at radius 2 is 1.83 bits per heavy atom. The summed E-state index contributed by atoms with van der Waals surface area (Å²) in [7, 11) is 1.95. The average molecular weight is 331 g/mol. The van der Waals surface area contributed by atoms with Crippen LogP contribution in [0.1, 0.15) is 18.5 Å². The third-order valence-electron chi connectivity index (χ3n) is 3.75. The van der Waals surface area contributed by atoms with Crippen LogP contribution in [0.4, 0.5) is 4.39 Å². The molecular weight excluding hydrogens is 307 g/mol. The van der Waals surface area contributed by atoms with Crippen molar-refractivity contribution in [3.63, 3.8) is 0 Å². The molecule has 128 valence electrons. The SMILES string of the molecule is C[C@@H](NC(=O)C[NH+](C)CCOc1ccc(F)cc1)c1ccccc1. The molecule has 0 fully saturated rings. The Balaban J connectivity index is 1.68. The molecule has 2 rings (SSSR count). The number of rotatable bonds is 8. The number of quaternary nitrogens is 1. The van der Waals surface area contributed by atoms with Crippen LogP contribution in [0.5, 0.6) is 5.75 Å². The Kier molecular flexibility index (Phi) is 6.75. The van der Waals surface area contributed by atoms with Crippen molar-refractivity contribution in [3.8, 4) is 5.75 Å². The molecule has 1 unspecified atom stereocenters. The van der Waals surface area contributed by atoms with Gasteiger partial charge in [-0.15, -0.1) is 0 Å². The van der Waals surface area contributed by atoms with E-state index in [1.165, 1.54) is 12.1 Å². The first-order valence-corrected chi connectivity index (χ1v) is 8.08. The molecule has 5 heteroatoms. The van der Waals surface area contributed by atoms with Gasteiger partial charge in [0.05, 0.1) is 13.1 Å². The smallest absolute Gasteiger partial charge is 0.275 e. The zero-order valence-electron chi connectivity index (χ0n) is 14.1. The lowest BCUT2D eigenvalue weighted by atomic mass is 10.1. The lowest BCUT2D eigenvalue weighted by Crippen LogP contribution is -3.10. The van der Waals surface area contributed by atoms with E-state index in [4.69, 9.17) is 4.74 Å². The Labute approximate surface area is 142 Å². The quantitative estimate of drug-likeness (QED) is 0.772. The molecule has 0 aliphatic heterocycles. The summed E-state index contributed by atoms with van der Waals surface area (Å²) in [5.74, 6) is 0.353. The number of nitrogens with one attached hydrogen (secondary N) is 2. The number of ether oxygens (including phenoxy) is 1. The van der Waals surface area contributed by atoms with Gasteiger partial charge in [-0.2, -0.15) is 0 Å². The van der Waals surface area contributed by atoms with E-state index < -0.39 is 0 Å². The Morgan fingerprint density at radius 3 is 2.50 bits per heavy atom. The highest BCUT2D eigenvalue weighted by atomic mass is 19.1. The van der Waals surface area contributed by atoms with Crippen molar-refractivity contribution >= 4 is 5.91 Å². The van der Waals surface area contributed by atoms with E-state index in [1.54, 1.807) is 12.1 Å². The topological polar surface area (TPSA) is 42.8 Å². The van der Waals surface area contributed by atoms with Gasteiger partial charge in [0.25, 0.3) is 5.91 Å². The summed E-state index contributed by atoms with van der Waals surface area (Å²) in [6.45, 7) is 3.51. The molecule has 0 aliphatic carbocycles. The van der Waals surface area contributed by atoms with Crippen LogP contribution in [-0.2, 0) is 4.79 Å². The molecule has 0 heterocycles. The monoisotopic (exact) mass is 331 g/mol. The van der Waals surface area contributed by atoms with Gasteiger partial charge in [0.1, 0.15) is 24.7 Å². The number of carbonyl (C=O) groups excluding carboxylic acids is 1. The molecule has 2 atom stereocenters. The number of halogens is 1. The van der Waals surface area contributed by atoms with Gasteiger partial charge in [-0.1, -0.05) is 30.3 Å². The molecule has 2 N–H and O–H groups in total. The van der Waals surface area contributed by atoms with E-state index in [1.807, 2.05) is 44.3 Å². The van der Waals surface area contributed by atoms with E-state index in [0.29, 0.717) is 25.4 Å². The van der Waals surface area contributed by atoms with Crippen LogP contribution in [0.2, 0.25) is 0 Å². The Bertz CT molecular complexity index is 632. The molecule has 0 saturated carbocycles. The lowest BCUT2D eigenvalue weighted by molar-refractivity contribution is -0.871. The van der Waals surface area contributed by atoms with Crippen LogP contribution in [0.25, 0.3) is 0 Å². The van der Waals surface area contributed by atoms with Gasteiger partial charge < -0.3 is 15.0 Å². The van der Waals surface area contributed by atoms with Crippen LogP contribution in [0.15, 0.2) is 54.6 Å². The minimum Gasteiger partial charge on any atom is -0.488 e. The molecule has 1 amide bonds. The summed E-state index contributed by atoms with van der Waals surface area (Å²) in [5, 5.41) is 3.00.